The molecule has 4 rings (SSSR count). The van der Waals surface area contributed by atoms with Crippen molar-refractivity contribution in [2.75, 3.05) is 5.32 Å². The number of anilines is 1. The largest absolute Gasteiger partial charge is 0.364 e. The van der Waals surface area contributed by atoms with Gasteiger partial charge in [0, 0.05) is 37.3 Å². The fourth-order valence-electron chi connectivity index (χ4n) is 2.63. The van der Waals surface area contributed by atoms with Gasteiger partial charge in [-0.15, -0.1) is 0 Å². The van der Waals surface area contributed by atoms with E-state index in [1.807, 2.05) is 10.8 Å². The van der Waals surface area contributed by atoms with Gasteiger partial charge in [-0.25, -0.2) is 9.97 Å². The van der Waals surface area contributed by atoms with E-state index in [2.05, 4.69) is 25.3 Å². The van der Waals surface area contributed by atoms with E-state index < -0.39 is 0 Å². The predicted molar refractivity (Wildman–Crippen MR) is 80.7 cm³/mol. The summed E-state index contributed by atoms with van der Waals surface area (Å²) in [7, 11) is 0. The van der Waals surface area contributed by atoms with Gasteiger partial charge in [-0.1, -0.05) is 11.6 Å². The molecule has 0 aromatic carbocycles. The van der Waals surface area contributed by atoms with Crippen LogP contribution in [0.3, 0.4) is 0 Å². The minimum atomic E-state index is -0.273. The van der Waals surface area contributed by atoms with Crippen molar-refractivity contribution in [3.8, 4) is 11.4 Å². The summed E-state index contributed by atoms with van der Waals surface area (Å²) in [5.41, 5.74) is 2.38. The summed E-state index contributed by atoms with van der Waals surface area (Å²) in [5, 5.41) is 2.93. The highest BCUT2D eigenvalue weighted by Gasteiger charge is 2.25. The summed E-state index contributed by atoms with van der Waals surface area (Å²) in [6.07, 6.45) is 9.04. The van der Waals surface area contributed by atoms with Gasteiger partial charge in [0.1, 0.15) is 11.0 Å². The number of hydrogen-bond acceptors (Lipinski definition) is 4. The zero-order valence-electron chi connectivity index (χ0n) is 11.4. The van der Waals surface area contributed by atoms with Crippen LogP contribution in [0.15, 0.2) is 31.0 Å². The number of fused-ring (bicyclic) bond motifs is 3. The lowest BCUT2D eigenvalue weighted by Crippen LogP contribution is -2.16. The molecule has 0 aliphatic carbocycles. The fourth-order valence-corrected chi connectivity index (χ4v) is 2.78. The molecule has 0 unspecified atom stereocenters. The van der Waals surface area contributed by atoms with Gasteiger partial charge < -0.3 is 14.9 Å². The Hall–Kier alpha value is -2.67. The number of aryl methyl sites for hydroxylation is 2. The van der Waals surface area contributed by atoms with Crippen LogP contribution >= 0.6 is 11.6 Å². The number of imidazole rings is 1. The van der Waals surface area contributed by atoms with Crippen LogP contribution in [0.5, 0.6) is 0 Å². The van der Waals surface area contributed by atoms with Gasteiger partial charge in [0.2, 0.25) is 0 Å². The Bertz CT molecular complexity index is 868. The quantitative estimate of drug-likeness (QED) is 0.758. The van der Waals surface area contributed by atoms with Crippen molar-refractivity contribution in [3.63, 3.8) is 0 Å². The lowest BCUT2D eigenvalue weighted by Gasteiger charge is -2.15. The number of halogens is 1. The number of nitrogens with one attached hydrogen (secondary N) is 2. The van der Waals surface area contributed by atoms with E-state index in [1.165, 1.54) is 12.4 Å². The Morgan fingerprint density at radius 3 is 3.18 bits per heavy atom. The van der Waals surface area contributed by atoms with Gasteiger partial charge in [0.25, 0.3) is 5.91 Å². The van der Waals surface area contributed by atoms with Crippen LogP contribution in [0.1, 0.15) is 16.1 Å². The summed E-state index contributed by atoms with van der Waals surface area (Å²) < 4.78 is 2.03. The summed E-state index contributed by atoms with van der Waals surface area (Å²) in [6.45, 7) is 0.851. The molecule has 8 heteroatoms. The van der Waals surface area contributed by atoms with E-state index in [1.54, 1.807) is 12.4 Å². The minimum Gasteiger partial charge on any atom is -0.364 e. The van der Waals surface area contributed by atoms with Crippen LogP contribution < -0.4 is 5.32 Å². The SMILES string of the molecule is O=C(Nc1cncc(Cl)n1)c1c[nH]c2c1-c1nccn1CC2. The molecule has 0 radical (unpaired) electrons. The van der Waals surface area contributed by atoms with E-state index in [-0.39, 0.29) is 11.1 Å². The number of aromatic nitrogens is 5. The first-order valence-corrected chi connectivity index (χ1v) is 7.11. The average Bonchev–Trinajstić information content (AvgIpc) is 3.13. The van der Waals surface area contributed by atoms with Crippen molar-refractivity contribution >= 4 is 23.3 Å². The summed E-state index contributed by atoms with van der Waals surface area (Å²) >= 11 is 5.78. The Morgan fingerprint density at radius 2 is 2.32 bits per heavy atom. The van der Waals surface area contributed by atoms with E-state index >= 15 is 0 Å². The zero-order chi connectivity index (χ0) is 15.1. The van der Waals surface area contributed by atoms with Gasteiger partial charge >= 0.3 is 0 Å². The molecule has 3 aromatic rings. The van der Waals surface area contributed by atoms with Crippen molar-refractivity contribution in [2.45, 2.75) is 13.0 Å². The van der Waals surface area contributed by atoms with Crippen LogP contribution in [0, 0.1) is 0 Å². The van der Waals surface area contributed by atoms with Gasteiger partial charge in [-0.05, 0) is 0 Å². The molecule has 1 aliphatic heterocycles. The Morgan fingerprint density at radius 1 is 1.41 bits per heavy atom. The average molecular weight is 315 g/mol. The second-order valence-corrected chi connectivity index (χ2v) is 5.32. The summed E-state index contributed by atoms with van der Waals surface area (Å²) in [5.74, 6) is 0.835. The summed E-state index contributed by atoms with van der Waals surface area (Å²) in [4.78, 5) is 27.9. The van der Waals surface area contributed by atoms with E-state index in [0.717, 1.165) is 30.0 Å². The third kappa shape index (κ3) is 2.06. The van der Waals surface area contributed by atoms with E-state index in [9.17, 15) is 4.79 Å². The maximum absolute atomic E-state index is 12.5. The number of nitrogens with zero attached hydrogens (tertiary/aromatic N) is 4. The van der Waals surface area contributed by atoms with Crippen LogP contribution in [-0.4, -0.2) is 30.4 Å². The van der Waals surface area contributed by atoms with Gasteiger partial charge in [-0.3, -0.25) is 9.78 Å². The molecule has 0 atom stereocenters. The molecule has 7 nitrogen and oxygen atoms in total. The van der Waals surface area contributed by atoms with Crippen LogP contribution in [-0.2, 0) is 13.0 Å². The first kappa shape index (κ1) is 13.0. The molecule has 1 aliphatic rings. The molecule has 3 aromatic heterocycles. The Labute approximate surface area is 130 Å². The summed E-state index contributed by atoms with van der Waals surface area (Å²) in [6, 6.07) is 0. The molecule has 110 valence electrons. The minimum absolute atomic E-state index is 0.226. The number of hydrogen-bond donors (Lipinski definition) is 2. The third-order valence-electron chi connectivity index (χ3n) is 3.60. The highest BCUT2D eigenvalue weighted by atomic mass is 35.5. The van der Waals surface area contributed by atoms with Gasteiger partial charge in [-0.2, -0.15) is 0 Å². The molecular weight excluding hydrogens is 304 g/mol. The highest BCUT2D eigenvalue weighted by Crippen LogP contribution is 2.31. The smallest absolute Gasteiger partial charge is 0.259 e. The van der Waals surface area contributed by atoms with Crippen LogP contribution in [0.25, 0.3) is 11.4 Å². The molecular formula is C14H11ClN6O. The number of carbonyl (C=O) groups is 1. The highest BCUT2D eigenvalue weighted by molar-refractivity contribution is 6.29. The first-order chi connectivity index (χ1) is 10.7. The monoisotopic (exact) mass is 314 g/mol. The fraction of sp³-hybridized carbons (Fsp3) is 0.143. The maximum Gasteiger partial charge on any atom is 0.259 e. The molecule has 0 saturated heterocycles. The normalized spacial score (nSPS) is 12.6. The predicted octanol–water partition coefficient (Wildman–Crippen LogP) is 2.13. The zero-order valence-corrected chi connectivity index (χ0v) is 12.1. The number of rotatable bonds is 2. The van der Waals surface area contributed by atoms with Gasteiger partial charge in [0.15, 0.2) is 5.82 Å². The topological polar surface area (TPSA) is 88.5 Å². The first-order valence-electron chi connectivity index (χ1n) is 6.73. The van der Waals surface area contributed by atoms with Crippen molar-refractivity contribution in [1.82, 2.24) is 24.5 Å². The van der Waals surface area contributed by atoms with Crippen molar-refractivity contribution in [2.24, 2.45) is 0 Å². The maximum atomic E-state index is 12.5. The second-order valence-electron chi connectivity index (χ2n) is 4.93. The number of amides is 1. The van der Waals surface area contributed by atoms with E-state index in [0.29, 0.717) is 11.4 Å². The Balaban J connectivity index is 1.70. The number of carbonyl (C=O) groups excluding carboxylic acids is 1. The Kier molecular flexibility index (Phi) is 2.93. The lowest BCUT2D eigenvalue weighted by atomic mass is 10.0. The van der Waals surface area contributed by atoms with Crippen molar-refractivity contribution in [3.05, 3.63) is 47.4 Å². The second kappa shape index (κ2) is 4.96. The van der Waals surface area contributed by atoms with E-state index in [4.69, 9.17) is 11.6 Å². The molecule has 2 N–H and O–H groups in total. The molecule has 4 heterocycles. The molecule has 0 spiro atoms. The molecule has 1 amide bonds. The third-order valence-corrected chi connectivity index (χ3v) is 3.78. The van der Waals surface area contributed by atoms with Crippen LogP contribution in [0.4, 0.5) is 5.82 Å². The van der Waals surface area contributed by atoms with Gasteiger partial charge in [0.05, 0.1) is 23.5 Å². The number of H-pyrrole nitrogens is 1. The molecule has 0 bridgehead atoms. The number of aromatic amines is 1. The molecule has 22 heavy (non-hydrogen) atoms. The standard InChI is InChI=1S/C14H11ClN6O/c15-10-6-16-7-11(19-10)20-14(22)8-5-18-9-1-3-21-4-2-17-13(21)12(8)9/h2,4-7,18H,1,3H2,(H,19,20,22). The van der Waals surface area contributed by atoms with Crippen molar-refractivity contribution in [1.29, 1.82) is 0 Å². The van der Waals surface area contributed by atoms with Crippen molar-refractivity contribution < 1.29 is 4.79 Å². The molecule has 0 fully saturated rings. The lowest BCUT2D eigenvalue weighted by molar-refractivity contribution is 0.102. The molecule has 0 saturated carbocycles. The van der Waals surface area contributed by atoms with Crippen LogP contribution in [0.2, 0.25) is 5.15 Å².